The van der Waals surface area contributed by atoms with Gasteiger partial charge in [-0.15, -0.1) is 0 Å². The maximum atomic E-state index is 12.7. The molecule has 2 aliphatic carbocycles. The van der Waals surface area contributed by atoms with Crippen LogP contribution in [0.4, 0.5) is 5.69 Å². The molecule has 10 heteroatoms. The molecular weight excluding hydrogens is 346 g/mol. The lowest BCUT2D eigenvalue weighted by molar-refractivity contribution is 0.590. The van der Waals surface area contributed by atoms with Crippen LogP contribution in [0.3, 0.4) is 0 Å². The van der Waals surface area contributed by atoms with Gasteiger partial charge in [0, 0.05) is 11.4 Å². The van der Waals surface area contributed by atoms with Crippen molar-refractivity contribution in [2.45, 2.75) is 50.0 Å². The van der Waals surface area contributed by atoms with Gasteiger partial charge in [0.15, 0.2) is 0 Å². The number of hydrogen-bond acceptors (Lipinski definition) is 6. The number of aromatic amines is 2. The zero-order chi connectivity index (χ0) is 17.6. The normalized spacial score (nSPS) is 16.3. The van der Waals surface area contributed by atoms with Gasteiger partial charge in [0.05, 0.1) is 5.69 Å². The molecule has 132 valence electrons. The quantitative estimate of drug-likeness (QED) is 0.703. The first kappa shape index (κ1) is 16.0. The second-order valence-electron chi connectivity index (χ2n) is 6.32. The molecule has 0 aliphatic heterocycles. The van der Waals surface area contributed by atoms with E-state index in [1.54, 1.807) is 0 Å². The highest BCUT2D eigenvalue weighted by Crippen LogP contribution is 2.36. The first-order valence-corrected chi connectivity index (χ1v) is 9.69. The van der Waals surface area contributed by atoms with Crippen molar-refractivity contribution in [1.82, 2.24) is 20.2 Å². The number of sulfonamides is 1. The van der Waals surface area contributed by atoms with Crippen molar-refractivity contribution in [1.29, 1.82) is 0 Å². The summed E-state index contributed by atoms with van der Waals surface area (Å²) in [5.74, 6) is 0. The van der Waals surface area contributed by atoms with Crippen LogP contribution in [-0.2, 0) is 35.7 Å². The summed E-state index contributed by atoms with van der Waals surface area (Å²) >= 11 is 0. The van der Waals surface area contributed by atoms with E-state index in [-0.39, 0.29) is 0 Å². The average molecular weight is 363 g/mol. The van der Waals surface area contributed by atoms with E-state index in [1.165, 1.54) is 0 Å². The van der Waals surface area contributed by atoms with E-state index in [0.29, 0.717) is 5.69 Å². The van der Waals surface area contributed by atoms with Crippen LogP contribution in [0.2, 0.25) is 0 Å². The summed E-state index contributed by atoms with van der Waals surface area (Å²) in [7, 11) is -4.22. The molecule has 2 heterocycles. The molecule has 0 radical (unpaired) electrons. The summed E-state index contributed by atoms with van der Waals surface area (Å²) in [4.78, 5) is 29.5. The molecule has 2 aromatic heterocycles. The Morgan fingerprint density at radius 3 is 2.28 bits per heavy atom. The molecule has 0 unspecified atom stereocenters. The molecule has 0 atom stereocenters. The molecule has 0 amide bonds. The number of fused-ring (bicyclic) bond motifs is 2. The van der Waals surface area contributed by atoms with Crippen LogP contribution in [0.1, 0.15) is 41.8 Å². The molecule has 0 bridgehead atoms. The van der Waals surface area contributed by atoms with E-state index in [2.05, 4.69) is 9.82 Å². The van der Waals surface area contributed by atoms with Gasteiger partial charge >= 0.3 is 5.69 Å². The minimum atomic E-state index is -4.22. The molecule has 4 rings (SSSR count). The van der Waals surface area contributed by atoms with Gasteiger partial charge in [-0.2, -0.15) is 13.5 Å². The Kier molecular flexibility index (Phi) is 3.71. The third-order valence-electron chi connectivity index (χ3n) is 4.67. The molecule has 2 aromatic rings. The number of pyridine rings is 1. The zero-order valence-electron chi connectivity index (χ0n) is 13.4. The summed E-state index contributed by atoms with van der Waals surface area (Å²) in [6.45, 7) is 0. The summed E-state index contributed by atoms with van der Waals surface area (Å²) in [5, 5.41) is 4.61. The summed E-state index contributed by atoms with van der Waals surface area (Å²) in [6, 6.07) is 0. The molecule has 0 fully saturated rings. The van der Waals surface area contributed by atoms with Crippen LogP contribution in [0.5, 0.6) is 0 Å². The van der Waals surface area contributed by atoms with Gasteiger partial charge in [-0.1, -0.05) is 0 Å². The molecule has 0 aromatic carbocycles. The standard InChI is InChI=1S/C15H17N5O4S/c21-13-14(18-19-15(22)17-13)25(23,24)20-12-8-4-1-2-6-10(8)16-11-7-3-5-9(11)12/h1-7H2,(H,16,20)(H2,17,19,21,22). The lowest BCUT2D eigenvalue weighted by Gasteiger charge is -2.22. The molecule has 0 saturated heterocycles. The molecule has 0 spiro atoms. The molecule has 0 saturated carbocycles. The second-order valence-corrected chi connectivity index (χ2v) is 7.91. The van der Waals surface area contributed by atoms with Crippen molar-refractivity contribution in [2.24, 2.45) is 0 Å². The topological polar surface area (TPSA) is 138 Å². The van der Waals surface area contributed by atoms with Crippen LogP contribution in [0.25, 0.3) is 0 Å². The van der Waals surface area contributed by atoms with E-state index >= 15 is 0 Å². The Morgan fingerprint density at radius 2 is 1.56 bits per heavy atom. The summed E-state index contributed by atoms with van der Waals surface area (Å²) in [5.41, 5.74) is 2.34. The Bertz CT molecular complexity index is 1070. The van der Waals surface area contributed by atoms with Gasteiger partial charge in [0.2, 0.25) is 0 Å². The number of nitrogens with zero attached hydrogens (tertiary/aromatic N) is 2. The highest BCUT2D eigenvalue weighted by atomic mass is 32.2. The Labute approximate surface area is 143 Å². The molecular formula is C15H17N5O4S. The third kappa shape index (κ3) is 2.76. The fraction of sp³-hybridized carbons (Fsp3) is 0.467. The predicted molar refractivity (Wildman–Crippen MR) is 89.2 cm³/mol. The first-order valence-electron chi connectivity index (χ1n) is 8.21. The molecule has 2 aliphatic rings. The first-order chi connectivity index (χ1) is 12.0. The number of aryl methyl sites for hydroxylation is 2. The molecule has 3 N–H and O–H groups in total. The van der Waals surface area contributed by atoms with Crippen molar-refractivity contribution >= 4 is 15.7 Å². The molecule has 25 heavy (non-hydrogen) atoms. The Hall–Kier alpha value is -2.49. The summed E-state index contributed by atoms with van der Waals surface area (Å²) in [6.07, 6.45) is 6.10. The monoisotopic (exact) mass is 363 g/mol. The van der Waals surface area contributed by atoms with Crippen molar-refractivity contribution in [3.05, 3.63) is 43.4 Å². The van der Waals surface area contributed by atoms with Crippen molar-refractivity contribution in [2.75, 3.05) is 4.72 Å². The predicted octanol–water partition coefficient (Wildman–Crippen LogP) is 0.0215. The van der Waals surface area contributed by atoms with Crippen LogP contribution in [-0.4, -0.2) is 28.6 Å². The highest BCUT2D eigenvalue weighted by molar-refractivity contribution is 7.92. The largest absolute Gasteiger partial charge is 0.342 e. The maximum Gasteiger partial charge on any atom is 0.342 e. The number of hydrogen-bond donors (Lipinski definition) is 3. The van der Waals surface area contributed by atoms with E-state index in [0.717, 1.165) is 67.5 Å². The fourth-order valence-corrected chi connectivity index (χ4v) is 4.65. The molecule has 9 nitrogen and oxygen atoms in total. The minimum Gasteiger partial charge on any atom is -0.277 e. The Morgan fingerprint density at radius 1 is 0.920 bits per heavy atom. The van der Waals surface area contributed by atoms with Crippen LogP contribution in [0.15, 0.2) is 14.6 Å². The van der Waals surface area contributed by atoms with Gasteiger partial charge in [-0.3, -0.25) is 19.5 Å². The zero-order valence-corrected chi connectivity index (χ0v) is 14.2. The van der Waals surface area contributed by atoms with Gasteiger partial charge in [-0.25, -0.2) is 9.89 Å². The van der Waals surface area contributed by atoms with Crippen molar-refractivity contribution < 1.29 is 8.42 Å². The smallest absolute Gasteiger partial charge is 0.277 e. The lowest BCUT2D eigenvalue weighted by atomic mass is 9.92. The highest BCUT2D eigenvalue weighted by Gasteiger charge is 2.29. The van der Waals surface area contributed by atoms with Crippen molar-refractivity contribution in [3.8, 4) is 0 Å². The average Bonchev–Trinajstić information content (AvgIpc) is 3.02. The van der Waals surface area contributed by atoms with Gasteiger partial charge in [-0.05, 0) is 56.1 Å². The second kappa shape index (κ2) is 5.80. The van der Waals surface area contributed by atoms with E-state index in [4.69, 9.17) is 4.98 Å². The van der Waals surface area contributed by atoms with E-state index < -0.39 is 26.3 Å². The SMILES string of the molecule is O=c1[nH]nc(S(=O)(=O)Nc2c3c(nc4c2CCC4)CCCC3)c(=O)[nH]1. The fourth-order valence-electron chi connectivity index (χ4n) is 3.57. The number of nitrogens with one attached hydrogen (secondary N) is 3. The van der Waals surface area contributed by atoms with Crippen LogP contribution >= 0.6 is 0 Å². The minimum absolute atomic E-state index is 0.546. The maximum absolute atomic E-state index is 12.7. The van der Waals surface area contributed by atoms with E-state index in [1.807, 2.05) is 10.1 Å². The summed E-state index contributed by atoms with van der Waals surface area (Å²) < 4.78 is 27.9. The van der Waals surface area contributed by atoms with E-state index in [9.17, 15) is 18.0 Å². The van der Waals surface area contributed by atoms with Crippen molar-refractivity contribution in [3.63, 3.8) is 0 Å². The lowest BCUT2D eigenvalue weighted by Crippen LogP contribution is -2.32. The van der Waals surface area contributed by atoms with Gasteiger partial charge in [0.25, 0.3) is 20.6 Å². The van der Waals surface area contributed by atoms with Gasteiger partial charge < -0.3 is 0 Å². The number of anilines is 1. The van der Waals surface area contributed by atoms with Crippen LogP contribution < -0.4 is 16.0 Å². The Balaban J connectivity index is 1.84. The number of aromatic nitrogens is 4. The number of H-pyrrole nitrogens is 2. The van der Waals surface area contributed by atoms with Gasteiger partial charge in [0.1, 0.15) is 0 Å². The number of rotatable bonds is 3. The van der Waals surface area contributed by atoms with Crippen LogP contribution in [0, 0.1) is 0 Å². The third-order valence-corrected chi connectivity index (χ3v) is 5.93.